The first-order valence-corrected chi connectivity index (χ1v) is 8.96. The van der Waals surface area contributed by atoms with Crippen LogP contribution < -0.4 is 10.1 Å². The molecule has 6 nitrogen and oxygen atoms in total. The summed E-state index contributed by atoms with van der Waals surface area (Å²) in [6.45, 7) is 2.01. The quantitative estimate of drug-likeness (QED) is 0.577. The summed E-state index contributed by atoms with van der Waals surface area (Å²) in [6, 6.07) is 15.4. The van der Waals surface area contributed by atoms with Crippen LogP contribution in [0.3, 0.4) is 0 Å². The van der Waals surface area contributed by atoms with Crippen molar-refractivity contribution in [1.29, 1.82) is 0 Å². The normalized spacial score (nSPS) is 10.8. The van der Waals surface area contributed by atoms with E-state index in [1.54, 1.807) is 13.3 Å². The topological polar surface area (TPSA) is 68.5 Å². The third-order valence-corrected chi connectivity index (χ3v) is 4.45. The van der Waals surface area contributed by atoms with E-state index in [9.17, 15) is 4.79 Å². The first-order chi connectivity index (χ1) is 13.6. The zero-order chi connectivity index (χ0) is 19.5. The van der Waals surface area contributed by atoms with Gasteiger partial charge in [0.05, 0.1) is 24.9 Å². The maximum Gasteiger partial charge on any atom is 0.234 e. The van der Waals surface area contributed by atoms with Crippen molar-refractivity contribution in [3.63, 3.8) is 0 Å². The molecule has 28 heavy (non-hydrogen) atoms. The van der Waals surface area contributed by atoms with Crippen LogP contribution in [0.25, 0.3) is 17.0 Å². The van der Waals surface area contributed by atoms with Crippen molar-refractivity contribution in [2.24, 2.45) is 0 Å². The van der Waals surface area contributed by atoms with Gasteiger partial charge in [-0.25, -0.2) is 9.97 Å². The summed E-state index contributed by atoms with van der Waals surface area (Å²) in [4.78, 5) is 21.3. The minimum atomic E-state index is -0.0993. The van der Waals surface area contributed by atoms with Gasteiger partial charge in [0.2, 0.25) is 11.7 Å². The highest BCUT2D eigenvalue weighted by molar-refractivity contribution is 5.94. The van der Waals surface area contributed by atoms with Gasteiger partial charge >= 0.3 is 0 Å². The van der Waals surface area contributed by atoms with Crippen molar-refractivity contribution in [3.05, 3.63) is 78.2 Å². The maximum absolute atomic E-state index is 12.6. The number of carbonyl (C=O) groups is 1. The SMILES string of the molecule is COc1ccc(-c2cn3cccnc3n2)cc1NC(=O)Cc1cccc(C)c1. The summed E-state index contributed by atoms with van der Waals surface area (Å²) < 4.78 is 7.27. The van der Waals surface area contributed by atoms with Crippen LogP contribution in [0.1, 0.15) is 11.1 Å². The van der Waals surface area contributed by atoms with Crippen LogP contribution in [-0.4, -0.2) is 27.4 Å². The van der Waals surface area contributed by atoms with Crippen molar-refractivity contribution < 1.29 is 9.53 Å². The molecule has 140 valence electrons. The van der Waals surface area contributed by atoms with E-state index in [4.69, 9.17) is 4.74 Å². The third-order valence-electron chi connectivity index (χ3n) is 4.45. The highest BCUT2D eigenvalue weighted by atomic mass is 16.5. The van der Waals surface area contributed by atoms with Crippen LogP contribution in [0.15, 0.2) is 67.1 Å². The van der Waals surface area contributed by atoms with Gasteiger partial charge in [0.25, 0.3) is 0 Å². The Morgan fingerprint density at radius 2 is 2.07 bits per heavy atom. The van der Waals surface area contributed by atoms with Crippen molar-refractivity contribution in [2.75, 3.05) is 12.4 Å². The van der Waals surface area contributed by atoms with E-state index in [2.05, 4.69) is 15.3 Å². The summed E-state index contributed by atoms with van der Waals surface area (Å²) in [5.41, 5.74) is 4.36. The van der Waals surface area contributed by atoms with Gasteiger partial charge in [0, 0.05) is 24.2 Å². The number of nitrogens with one attached hydrogen (secondary N) is 1. The van der Waals surface area contributed by atoms with E-state index in [1.165, 1.54) is 0 Å². The summed E-state index contributed by atoms with van der Waals surface area (Å²) >= 11 is 0. The maximum atomic E-state index is 12.6. The molecule has 0 bridgehead atoms. The number of aromatic nitrogens is 3. The molecule has 0 radical (unpaired) electrons. The molecule has 4 rings (SSSR count). The minimum Gasteiger partial charge on any atom is -0.495 e. The molecule has 6 heteroatoms. The number of anilines is 1. The monoisotopic (exact) mass is 372 g/mol. The predicted molar refractivity (Wildman–Crippen MR) is 108 cm³/mol. The van der Waals surface area contributed by atoms with Crippen molar-refractivity contribution in [3.8, 4) is 17.0 Å². The number of aryl methyl sites for hydroxylation is 1. The smallest absolute Gasteiger partial charge is 0.234 e. The minimum absolute atomic E-state index is 0.0993. The first kappa shape index (κ1) is 17.7. The number of hydrogen-bond acceptors (Lipinski definition) is 4. The number of hydrogen-bond donors (Lipinski definition) is 1. The molecule has 0 aliphatic heterocycles. The van der Waals surface area contributed by atoms with Gasteiger partial charge in [-0.3, -0.25) is 9.20 Å². The second kappa shape index (κ2) is 7.52. The largest absolute Gasteiger partial charge is 0.495 e. The number of amides is 1. The number of carbonyl (C=O) groups excluding carboxylic acids is 1. The first-order valence-electron chi connectivity index (χ1n) is 8.96. The molecule has 1 amide bonds. The van der Waals surface area contributed by atoms with E-state index in [-0.39, 0.29) is 5.91 Å². The Morgan fingerprint density at radius 1 is 1.18 bits per heavy atom. The lowest BCUT2D eigenvalue weighted by Crippen LogP contribution is -2.15. The Bertz CT molecular complexity index is 1120. The summed E-state index contributed by atoms with van der Waals surface area (Å²) in [7, 11) is 1.58. The fourth-order valence-electron chi connectivity index (χ4n) is 3.14. The van der Waals surface area contributed by atoms with E-state index >= 15 is 0 Å². The lowest BCUT2D eigenvalue weighted by molar-refractivity contribution is -0.115. The van der Waals surface area contributed by atoms with Gasteiger partial charge in [-0.15, -0.1) is 0 Å². The number of fused-ring (bicyclic) bond motifs is 1. The molecule has 2 aromatic carbocycles. The van der Waals surface area contributed by atoms with Crippen LogP contribution in [-0.2, 0) is 11.2 Å². The lowest BCUT2D eigenvalue weighted by atomic mass is 10.1. The van der Waals surface area contributed by atoms with Crippen LogP contribution >= 0.6 is 0 Å². The highest BCUT2D eigenvalue weighted by Gasteiger charge is 2.12. The number of methoxy groups -OCH3 is 1. The average Bonchev–Trinajstić information content (AvgIpc) is 3.12. The number of nitrogens with zero attached hydrogens (tertiary/aromatic N) is 3. The molecule has 0 aliphatic carbocycles. The standard InChI is InChI=1S/C22H20N4O2/c1-15-5-3-6-16(11-15)12-21(27)24-18-13-17(7-8-20(18)28-2)19-14-26-10-4-9-23-22(26)25-19/h3-11,13-14H,12H2,1-2H3,(H,24,27). The van der Waals surface area contributed by atoms with Gasteiger partial charge in [0.15, 0.2) is 0 Å². The van der Waals surface area contributed by atoms with Crippen LogP contribution in [0, 0.1) is 6.92 Å². The molecule has 0 atom stereocenters. The Morgan fingerprint density at radius 3 is 2.86 bits per heavy atom. The molecule has 2 heterocycles. The molecule has 0 spiro atoms. The van der Waals surface area contributed by atoms with E-state index in [0.29, 0.717) is 23.6 Å². The Hall–Kier alpha value is -3.67. The number of rotatable bonds is 5. The molecule has 0 fully saturated rings. The molecule has 0 saturated carbocycles. The number of ether oxygens (including phenoxy) is 1. The highest BCUT2D eigenvalue weighted by Crippen LogP contribution is 2.30. The average molecular weight is 372 g/mol. The Balaban J connectivity index is 1.60. The van der Waals surface area contributed by atoms with Crippen molar-refractivity contribution >= 4 is 17.4 Å². The van der Waals surface area contributed by atoms with Crippen molar-refractivity contribution in [1.82, 2.24) is 14.4 Å². The lowest BCUT2D eigenvalue weighted by Gasteiger charge is -2.12. The molecule has 1 N–H and O–H groups in total. The van der Waals surface area contributed by atoms with Crippen LogP contribution in [0.2, 0.25) is 0 Å². The van der Waals surface area contributed by atoms with Crippen molar-refractivity contribution in [2.45, 2.75) is 13.3 Å². The molecule has 4 aromatic rings. The summed E-state index contributed by atoms with van der Waals surface area (Å²) in [5, 5.41) is 2.96. The summed E-state index contributed by atoms with van der Waals surface area (Å²) in [5.74, 6) is 1.12. The Kier molecular flexibility index (Phi) is 4.76. The molecular formula is C22H20N4O2. The zero-order valence-corrected chi connectivity index (χ0v) is 15.7. The van der Waals surface area contributed by atoms with Crippen LogP contribution in [0.4, 0.5) is 5.69 Å². The van der Waals surface area contributed by atoms with Gasteiger partial charge in [-0.1, -0.05) is 29.8 Å². The third kappa shape index (κ3) is 3.71. The van der Waals surface area contributed by atoms with Gasteiger partial charge in [-0.05, 0) is 36.8 Å². The fraction of sp³-hybridized carbons (Fsp3) is 0.136. The van der Waals surface area contributed by atoms with Gasteiger partial charge < -0.3 is 10.1 Å². The predicted octanol–water partition coefficient (Wildman–Crippen LogP) is 3.89. The molecule has 0 saturated heterocycles. The number of benzene rings is 2. The van der Waals surface area contributed by atoms with E-state index in [0.717, 1.165) is 22.4 Å². The fourth-order valence-corrected chi connectivity index (χ4v) is 3.14. The van der Waals surface area contributed by atoms with Gasteiger partial charge in [-0.2, -0.15) is 0 Å². The summed E-state index contributed by atoms with van der Waals surface area (Å²) in [6.07, 6.45) is 5.81. The zero-order valence-electron chi connectivity index (χ0n) is 15.7. The molecular weight excluding hydrogens is 352 g/mol. The number of imidazole rings is 1. The van der Waals surface area contributed by atoms with E-state index in [1.807, 2.05) is 72.2 Å². The molecule has 0 aliphatic rings. The van der Waals surface area contributed by atoms with Crippen LogP contribution in [0.5, 0.6) is 5.75 Å². The second-order valence-corrected chi connectivity index (χ2v) is 6.58. The molecule has 2 aromatic heterocycles. The van der Waals surface area contributed by atoms with E-state index < -0.39 is 0 Å². The molecule has 0 unspecified atom stereocenters. The Labute approximate surface area is 162 Å². The second-order valence-electron chi connectivity index (χ2n) is 6.58. The van der Waals surface area contributed by atoms with Gasteiger partial charge in [0.1, 0.15) is 5.75 Å².